The fraction of sp³-hybridized carbons (Fsp3) is 0.150. The van der Waals surface area contributed by atoms with Crippen molar-refractivity contribution in [3.05, 3.63) is 54.1 Å². The molecule has 6 heteroatoms. The van der Waals surface area contributed by atoms with Gasteiger partial charge in [0.1, 0.15) is 0 Å². The van der Waals surface area contributed by atoms with Gasteiger partial charge in [-0.2, -0.15) is 5.10 Å². The number of hydrogen-bond donors (Lipinski definition) is 1. The molecule has 1 aliphatic heterocycles. The van der Waals surface area contributed by atoms with Gasteiger partial charge in [0.25, 0.3) is 5.91 Å². The van der Waals surface area contributed by atoms with Gasteiger partial charge in [-0.05, 0) is 36.8 Å². The Morgan fingerprint density at radius 1 is 1.19 bits per heavy atom. The summed E-state index contributed by atoms with van der Waals surface area (Å²) < 4.78 is 10.8. The van der Waals surface area contributed by atoms with E-state index in [0.29, 0.717) is 22.8 Å². The second kappa shape index (κ2) is 6.84. The molecule has 0 unspecified atom stereocenters. The first kappa shape index (κ1) is 16.1. The van der Waals surface area contributed by atoms with Crippen LogP contribution in [0.15, 0.2) is 53.6 Å². The number of hydrogen-bond acceptors (Lipinski definition) is 5. The van der Waals surface area contributed by atoms with Gasteiger partial charge in [0, 0.05) is 17.2 Å². The van der Waals surface area contributed by atoms with Crippen molar-refractivity contribution in [3.63, 3.8) is 0 Å². The largest absolute Gasteiger partial charge is 0.454 e. The molecule has 0 spiro atoms. The van der Waals surface area contributed by atoms with Crippen LogP contribution in [0.2, 0.25) is 0 Å². The van der Waals surface area contributed by atoms with Crippen LogP contribution in [0, 0.1) is 0 Å². The first-order valence-corrected chi connectivity index (χ1v) is 8.38. The van der Waals surface area contributed by atoms with E-state index in [1.54, 1.807) is 12.3 Å². The van der Waals surface area contributed by atoms with Crippen LogP contribution in [0.25, 0.3) is 22.2 Å². The van der Waals surface area contributed by atoms with Gasteiger partial charge in [-0.25, -0.2) is 10.4 Å². The van der Waals surface area contributed by atoms with Gasteiger partial charge in [-0.15, -0.1) is 0 Å². The molecule has 0 radical (unpaired) electrons. The Labute approximate surface area is 150 Å². The quantitative estimate of drug-likeness (QED) is 0.576. The molecule has 1 N–H and O–H groups in total. The van der Waals surface area contributed by atoms with Gasteiger partial charge in [-0.1, -0.05) is 25.1 Å². The van der Waals surface area contributed by atoms with E-state index in [9.17, 15) is 4.79 Å². The number of fused-ring (bicyclic) bond motifs is 2. The summed E-state index contributed by atoms with van der Waals surface area (Å²) in [5.41, 5.74) is 5.38. The minimum atomic E-state index is -0.268. The third-order valence-corrected chi connectivity index (χ3v) is 4.07. The maximum absolute atomic E-state index is 12.6. The number of amides is 1. The molecule has 0 fully saturated rings. The number of carbonyl (C=O) groups excluding carboxylic acids is 1. The Kier molecular flexibility index (Phi) is 4.23. The zero-order chi connectivity index (χ0) is 17.9. The van der Waals surface area contributed by atoms with Crippen molar-refractivity contribution < 1.29 is 14.3 Å². The average molecular weight is 347 g/mol. The molecule has 1 aromatic heterocycles. The van der Waals surface area contributed by atoms with E-state index in [0.717, 1.165) is 22.9 Å². The van der Waals surface area contributed by atoms with Crippen LogP contribution in [0.3, 0.4) is 0 Å². The second-order valence-electron chi connectivity index (χ2n) is 5.80. The summed E-state index contributed by atoms with van der Waals surface area (Å²) in [6, 6.07) is 14.9. The molecular weight excluding hydrogens is 330 g/mol. The number of para-hydroxylation sites is 1. The van der Waals surface area contributed by atoms with Crippen molar-refractivity contribution in [2.24, 2.45) is 5.10 Å². The smallest absolute Gasteiger partial charge is 0.272 e. The lowest BCUT2D eigenvalue weighted by Gasteiger charge is -2.09. The molecule has 130 valence electrons. The van der Waals surface area contributed by atoms with Gasteiger partial charge in [0.2, 0.25) is 6.79 Å². The van der Waals surface area contributed by atoms with Crippen LogP contribution in [-0.4, -0.2) is 23.9 Å². The molecular formula is C20H17N3O3. The van der Waals surface area contributed by atoms with Gasteiger partial charge in [0.15, 0.2) is 11.5 Å². The standard InChI is InChI=1S/C20H17N3O3/c1-2-9-21-23-20(24)15-11-17(22-16-6-4-3-5-14(15)16)13-7-8-18-19(10-13)26-12-25-18/h3-11H,2,12H2,1H3,(H,23,24). The summed E-state index contributed by atoms with van der Waals surface area (Å²) in [5, 5.41) is 4.72. The average Bonchev–Trinajstić information content (AvgIpc) is 3.15. The van der Waals surface area contributed by atoms with Crippen molar-refractivity contribution in [3.8, 4) is 22.8 Å². The molecule has 0 atom stereocenters. The number of rotatable bonds is 4. The molecule has 6 nitrogen and oxygen atoms in total. The minimum absolute atomic E-state index is 0.215. The molecule has 0 saturated carbocycles. The summed E-state index contributed by atoms with van der Waals surface area (Å²) >= 11 is 0. The first-order valence-electron chi connectivity index (χ1n) is 8.38. The number of pyridine rings is 1. The van der Waals surface area contributed by atoms with Crippen LogP contribution in [0.4, 0.5) is 0 Å². The highest BCUT2D eigenvalue weighted by Gasteiger charge is 2.17. The zero-order valence-electron chi connectivity index (χ0n) is 14.2. The van der Waals surface area contributed by atoms with E-state index < -0.39 is 0 Å². The fourth-order valence-electron chi connectivity index (χ4n) is 2.82. The summed E-state index contributed by atoms with van der Waals surface area (Å²) in [6.07, 6.45) is 2.40. The van der Waals surface area contributed by atoms with Crippen molar-refractivity contribution >= 4 is 23.0 Å². The maximum atomic E-state index is 12.6. The van der Waals surface area contributed by atoms with Crippen LogP contribution < -0.4 is 14.9 Å². The molecule has 3 aromatic rings. The van der Waals surface area contributed by atoms with Crippen LogP contribution in [0.5, 0.6) is 11.5 Å². The Morgan fingerprint density at radius 3 is 2.92 bits per heavy atom. The summed E-state index contributed by atoms with van der Waals surface area (Å²) in [7, 11) is 0. The SMILES string of the molecule is CCC=NNC(=O)c1cc(-c2ccc3c(c2)OCO3)nc2ccccc12. The molecule has 2 heterocycles. The maximum Gasteiger partial charge on any atom is 0.272 e. The lowest BCUT2D eigenvalue weighted by molar-refractivity contribution is 0.0956. The number of aromatic nitrogens is 1. The molecule has 2 aromatic carbocycles. The highest BCUT2D eigenvalue weighted by atomic mass is 16.7. The van der Waals surface area contributed by atoms with Gasteiger partial charge < -0.3 is 9.47 Å². The van der Waals surface area contributed by atoms with E-state index in [1.807, 2.05) is 49.4 Å². The Morgan fingerprint density at radius 2 is 2.04 bits per heavy atom. The second-order valence-corrected chi connectivity index (χ2v) is 5.80. The third kappa shape index (κ3) is 2.97. The van der Waals surface area contributed by atoms with Crippen molar-refractivity contribution in [1.82, 2.24) is 10.4 Å². The molecule has 0 aliphatic carbocycles. The van der Waals surface area contributed by atoms with Gasteiger partial charge in [-0.3, -0.25) is 4.79 Å². The molecule has 4 rings (SSSR count). The third-order valence-electron chi connectivity index (χ3n) is 4.07. The van der Waals surface area contributed by atoms with E-state index in [2.05, 4.69) is 10.5 Å². The highest BCUT2D eigenvalue weighted by Crippen LogP contribution is 2.36. The topological polar surface area (TPSA) is 72.8 Å². The zero-order valence-corrected chi connectivity index (χ0v) is 14.2. The molecule has 1 aliphatic rings. The monoisotopic (exact) mass is 347 g/mol. The number of hydrazone groups is 1. The summed E-state index contributed by atoms with van der Waals surface area (Å²) in [6.45, 7) is 2.17. The number of benzene rings is 2. The Balaban J connectivity index is 1.81. The molecule has 1 amide bonds. The predicted octanol–water partition coefficient (Wildman–Crippen LogP) is 3.76. The Bertz CT molecular complexity index is 1010. The van der Waals surface area contributed by atoms with Gasteiger partial charge >= 0.3 is 0 Å². The lowest BCUT2D eigenvalue weighted by Crippen LogP contribution is -2.18. The van der Waals surface area contributed by atoms with Crippen molar-refractivity contribution in [2.45, 2.75) is 13.3 Å². The van der Waals surface area contributed by atoms with E-state index in [4.69, 9.17) is 14.5 Å². The van der Waals surface area contributed by atoms with E-state index in [1.165, 1.54) is 0 Å². The molecule has 0 saturated heterocycles. The predicted molar refractivity (Wildman–Crippen MR) is 99.6 cm³/mol. The Hall–Kier alpha value is -3.41. The van der Waals surface area contributed by atoms with Crippen LogP contribution in [0.1, 0.15) is 23.7 Å². The first-order chi connectivity index (χ1) is 12.8. The number of carbonyl (C=O) groups is 1. The highest BCUT2D eigenvalue weighted by molar-refractivity contribution is 6.07. The van der Waals surface area contributed by atoms with Crippen molar-refractivity contribution in [2.75, 3.05) is 6.79 Å². The number of nitrogens with zero attached hydrogens (tertiary/aromatic N) is 2. The van der Waals surface area contributed by atoms with Gasteiger partial charge in [0.05, 0.1) is 16.8 Å². The number of nitrogens with one attached hydrogen (secondary N) is 1. The summed E-state index contributed by atoms with van der Waals surface area (Å²) in [4.78, 5) is 17.3. The van der Waals surface area contributed by atoms with Crippen molar-refractivity contribution in [1.29, 1.82) is 0 Å². The van der Waals surface area contributed by atoms with E-state index in [-0.39, 0.29) is 12.7 Å². The van der Waals surface area contributed by atoms with Crippen LogP contribution >= 0.6 is 0 Å². The minimum Gasteiger partial charge on any atom is -0.454 e. The number of ether oxygens (including phenoxy) is 2. The molecule has 0 bridgehead atoms. The summed E-state index contributed by atoms with van der Waals surface area (Å²) in [5.74, 6) is 1.12. The fourth-order valence-corrected chi connectivity index (χ4v) is 2.82. The molecule has 26 heavy (non-hydrogen) atoms. The van der Waals surface area contributed by atoms with Crippen LogP contribution in [-0.2, 0) is 0 Å². The normalized spacial score (nSPS) is 12.7. The lowest BCUT2D eigenvalue weighted by atomic mass is 10.0. The van der Waals surface area contributed by atoms with E-state index >= 15 is 0 Å².